The van der Waals surface area contributed by atoms with E-state index in [9.17, 15) is 8.78 Å². The molecule has 1 N–H and O–H groups in total. The molecule has 1 aliphatic rings. The Morgan fingerprint density at radius 3 is 2.94 bits per heavy atom. The van der Waals surface area contributed by atoms with E-state index in [4.69, 9.17) is 4.74 Å². The molecule has 2 nitrogen and oxygen atoms in total. The molecule has 0 amide bonds. The summed E-state index contributed by atoms with van der Waals surface area (Å²) in [5, 5.41) is 3.12. The maximum absolute atomic E-state index is 13.7. The zero-order chi connectivity index (χ0) is 13.1. The molecule has 0 bridgehead atoms. The highest BCUT2D eigenvalue weighted by atomic mass is 79.9. The molecule has 2 atom stereocenters. The van der Waals surface area contributed by atoms with Crippen molar-refractivity contribution in [3.05, 3.63) is 33.8 Å². The quantitative estimate of drug-likeness (QED) is 0.859. The summed E-state index contributed by atoms with van der Waals surface area (Å²) >= 11 is 3.06. The monoisotopic (exact) mass is 319 g/mol. The van der Waals surface area contributed by atoms with Crippen molar-refractivity contribution in [2.75, 3.05) is 6.61 Å². The van der Waals surface area contributed by atoms with E-state index in [0.717, 1.165) is 19.4 Å². The highest BCUT2D eigenvalue weighted by Gasteiger charge is 2.22. The largest absolute Gasteiger partial charge is 0.377 e. The SMILES string of the molecule is CC(NCc1c(F)ccc(Br)c1F)C1CCCO1. The van der Waals surface area contributed by atoms with Gasteiger partial charge < -0.3 is 10.1 Å². The Kier molecular flexibility index (Phi) is 4.70. The summed E-state index contributed by atoms with van der Waals surface area (Å²) < 4.78 is 33.1. The number of ether oxygens (including phenoxy) is 1. The number of benzene rings is 1. The molecule has 1 saturated heterocycles. The van der Waals surface area contributed by atoms with Crippen molar-refractivity contribution in [3.8, 4) is 0 Å². The van der Waals surface area contributed by atoms with Crippen molar-refractivity contribution in [1.82, 2.24) is 5.32 Å². The number of halogens is 3. The smallest absolute Gasteiger partial charge is 0.144 e. The molecule has 1 aromatic rings. The minimum atomic E-state index is -0.540. The second-order valence-electron chi connectivity index (χ2n) is 4.54. The van der Waals surface area contributed by atoms with E-state index < -0.39 is 11.6 Å². The van der Waals surface area contributed by atoms with Gasteiger partial charge in [-0.25, -0.2) is 8.78 Å². The van der Waals surface area contributed by atoms with Crippen LogP contribution in [0.1, 0.15) is 25.3 Å². The average Bonchev–Trinajstić information content (AvgIpc) is 2.87. The van der Waals surface area contributed by atoms with Crippen LogP contribution in [0, 0.1) is 11.6 Å². The first-order valence-electron chi connectivity index (χ1n) is 6.07. The predicted molar refractivity (Wildman–Crippen MR) is 69.3 cm³/mol. The fourth-order valence-corrected chi connectivity index (χ4v) is 2.49. The summed E-state index contributed by atoms with van der Waals surface area (Å²) in [4.78, 5) is 0. The van der Waals surface area contributed by atoms with Gasteiger partial charge in [-0.1, -0.05) is 0 Å². The molecule has 1 fully saturated rings. The van der Waals surface area contributed by atoms with Crippen molar-refractivity contribution < 1.29 is 13.5 Å². The molecule has 0 aromatic heterocycles. The van der Waals surface area contributed by atoms with Gasteiger partial charge in [0.2, 0.25) is 0 Å². The van der Waals surface area contributed by atoms with Crippen LogP contribution >= 0.6 is 15.9 Å². The lowest BCUT2D eigenvalue weighted by molar-refractivity contribution is 0.0830. The fourth-order valence-electron chi connectivity index (χ4n) is 2.12. The Morgan fingerprint density at radius 2 is 2.28 bits per heavy atom. The summed E-state index contributed by atoms with van der Waals surface area (Å²) in [6.07, 6.45) is 2.19. The Bertz CT molecular complexity index is 422. The van der Waals surface area contributed by atoms with Crippen LogP contribution in [0.5, 0.6) is 0 Å². The van der Waals surface area contributed by atoms with E-state index in [2.05, 4.69) is 21.2 Å². The normalized spacial score (nSPS) is 21.2. The first-order valence-corrected chi connectivity index (χ1v) is 6.86. The molecular formula is C13H16BrF2NO. The van der Waals surface area contributed by atoms with Crippen LogP contribution in [0.15, 0.2) is 16.6 Å². The molecule has 1 heterocycles. The van der Waals surface area contributed by atoms with Crippen LogP contribution in [0.3, 0.4) is 0 Å². The predicted octanol–water partition coefficient (Wildman–Crippen LogP) is 3.38. The molecule has 0 spiro atoms. The van der Waals surface area contributed by atoms with Gasteiger partial charge in [-0.3, -0.25) is 0 Å². The molecule has 0 radical (unpaired) electrons. The van der Waals surface area contributed by atoms with Gasteiger partial charge >= 0.3 is 0 Å². The zero-order valence-electron chi connectivity index (χ0n) is 10.2. The van der Waals surface area contributed by atoms with Gasteiger partial charge in [0, 0.05) is 24.8 Å². The van der Waals surface area contributed by atoms with Crippen molar-refractivity contribution >= 4 is 15.9 Å². The van der Waals surface area contributed by atoms with E-state index >= 15 is 0 Å². The molecule has 2 rings (SSSR count). The maximum Gasteiger partial charge on any atom is 0.144 e. The van der Waals surface area contributed by atoms with Gasteiger partial charge in [0.05, 0.1) is 10.6 Å². The number of rotatable bonds is 4. The van der Waals surface area contributed by atoms with E-state index in [1.54, 1.807) is 0 Å². The van der Waals surface area contributed by atoms with Crippen LogP contribution in [0.2, 0.25) is 0 Å². The summed E-state index contributed by atoms with van der Waals surface area (Å²) in [5.41, 5.74) is 0.0641. The minimum Gasteiger partial charge on any atom is -0.377 e. The highest BCUT2D eigenvalue weighted by Crippen LogP contribution is 2.22. The highest BCUT2D eigenvalue weighted by molar-refractivity contribution is 9.10. The molecule has 2 unspecified atom stereocenters. The van der Waals surface area contributed by atoms with E-state index in [1.165, 1.54) is 12.1 Å². The second kappa shape index (κ2) is 6.08. The van der Waals surface area contributed by atoms with Crippen molar-refractivity contribution in [2.24, 2.45) is 0 Å². The standard InChI is InChI=1S/C13H16BrF2NO/c1-8(12-3-2-6-18-12)17-7-9-11(15)5-4-10(14)13(9)16/h4-5,8,12,17H,2-3,6-7H2,1H3. The van der Waals surface area contributed by atoms with Crippen LogP contribution in [0.4, 0.5) is 8.78 Å². The lowest BCUT2D eigenvalue weighted by atomic mass is 10.1. The van der Waals surface area contributed by atoms with Gasteiger partial charge in [0.25, 0.3) is 0 Å². The molecule has 100 valence electrons. The summed E-state index contributed by atoms with van der Waals surface area (Å²) in [7, 11) is 0. The van der Waals surface area contributed by atoms with Gasteiger partial charge in [0.15, 0.2) is 0 Å². The van der Waals surface area contributed by atoms with Gasteiger partial charge in [-0.2, -0.15) is 0 Å². The second-order valence-corrected chi connectivity index (χ2v) is 5.40. The molecule has 18 heavy (non-hydrogen) atoms. The molecule has 1 aromatic carbocycles. The van der Waals surface area contributed by atoms with Crippen LogP contribution in [0.25, 0.3) is 0 Å². The molecule has 5 heteroatoms. The number of nitrogens with one attached hydrogen (secondary N) is 1. The number of hydrogen-bond donors (Lipinski definition) is 1. The lowest BCUT2D eigenvalue weighted by Crippen LogP contribution is -2.36. The summed E-state index contributed by atoms with van der Waals surface area (Å²) in [6, 6.07) is 2.73. The maximum atomic E-state index is 13.7. The van der Waals surface area contributed by atoms with Crippen LogP contribution in [-0.4, -0.2) is 18.8 Å². The lowest BCUT2D eigenvalue weighted by Gasteiger charge is -2.20. The van der Waals surface area contributed by atoms with E-state index in [0.29, 0.717) is 0 Å². The van der Waals surface area contributed by atoms with E-state index in [1.807, 2.05) is 6.92 Å². The Labute approximate surface area is 114 Å². The topological polar surface area (TPSA) is 21.3 Å². The number of hydrogen-bond acceptors (Lipinski definition) is 2. The molecule has 0 saturated carbocycles. The minimum absolute atomic E-state index is 0.0641. The molecule has 0 aliphatic carbocycles. The first-order chi connectivity index (χ1) is 8.59. The van der Waals surface area contributed by atoms with Crippen LogP contribution < -0.4 is 5.32 Å². The van der Waals surface area contributed by atoms with Crippen molar-refractivity contribution in [1.29, 1.82) is 0 Å². The third-order valence-corrected chi connectivity index (χ3v) is 3.87. The summed E-state index contributed by atoms with van der Waals surface area (Å²) in [6.45, 7) is 2.91. The van der Waals surface area contributed by atoms with Gasteiger partial charge in [0.1, 0.15) is 11.6 Å². The molecule has 1 aliphatic heterocycles. The third-order valence-electron chi connectivity index (χ3n) is 3.26. The Morgan fingerprint density at radius 1 is 1.50 bits per heavy atom. The first kappa shape index (κ1) is 13.9. The van der Waals surface area contributed by atoms with E-state index in [-0.39, 0.29) is 28.7 Å². The average molecular weight is 320 g/mol. The Balaban J connectivity index is 1.99. The fraction of sp³-hybridized carbons (Fsp3) is 0.538. The summed E-state index contributed by atoms with van der Waals surface area (Å²) in [5.74, 6) is -1.07. The molecular weight excluding hydrogens is 304 g/mol. The van der Waals surface area contributed by atoms with Gasteiger partial charge in [-0.05, 0) is 47.8 Å². The Hall–Kier alpha value is -0.520. The van der Waals surface area contributed by atoms with Crippen molar-refractivity contribution in [3.63, 3.8) is 0 Å². The van der Waals surface area contributed by atoms with Crippen LogP contribution in [-0.2, 0) is 11.3 Å². The van der Waals surface area contributed by atoms with Crippen molar-refractivity contribution in [2.45, 2.75) is 38.5 Å². The van der Waals surface area contributed by atoms with Gasteiger partial charge in [-0.15, -0.1) is 0 Å². The third kappa shape index (κ3) is 3.08. The zero-order valence-corrected chi connectivity index (χ0v) is 11.8.